The van der Waals surface area contributed by atoms with Crippen molar-refractivity contribution in [1.82, 2.24) is 4.98 Å². The first kappa shape index (κ1) is 19.1. The Morgan fingerprint density at radius 3 is 2.57 bits per heavy atom. The number of carbonyl (C=O) groups is 2. The SMILES string of the molecule is CCOC(=O)CCC(=O)c1nc2c(C#Cc3ccccc3)cccc2cc1O. The number of pyridine rings is 1. The van der Waals surface area contributed by atoms with E-state index in [9.17, 15) is 14.7 Å². The molecule has 1 heterocycles. The van der Waals surface area contributed by atoms with Gasteiger partial charge in [0.15, 0.2) is 5.78 Å². The summed E-state index contributed by atoms with van der Waals surface area (Å²) in [4.78, 5) is 28.3. The average Bonchev–Trinajstić information content (AvgIpc) is 2.71. The summed E-state index contributed by atoms with van der Waals surface area (Å²) in [5, 5.41) is 10.9. The van der Waals surface area contributed by atoms with Gasteiger partial charge in [-0.15, -0.1) is 0 Å². The molecule has 5 heteroatoms. The number of hydrogen-bond acceptors (Lipinski definition) is 5. The van der Waals surface area contributed by atoms with E-state index in [2.05, 4.69) is 16.8 Å². The molecule has 0 fully saturated rings. The highest BCUT2D eigenvalue weighted by atomic mass is 16.5. The number of carbonyl (C=O) groups excluding carboxylic acids is 2. The van der Waals surface area contributed by atoms with Gasteiger partial charge in [-0.2, -0.15) is 0 Å². The summed E-state index contributed by atoms with van der Waals surface area (Å²) < 4.78 is 4.83. The molecule has 0 saturated heterocycles. The maximum Gasteiger partial charge on any atom is 0.306 e. The van der Waals surface area contributed by atoms with Crippen LogP contribution in [0.5, 0.6) is 5.75 Å². The summed E-state index contributed by atoms with van der Waals surface area (Å²) >= 11 is 0. The van der Waals surface area contributed by atoms with E-state index in [4.69, 9.17) is 4.74 Å². The minimum atomic E-state index is -0.453. The van der Waals surface area contributed by atoms with Gasteiger partial charge in [-0.05, 0) is 31.2 Å². The van der Waals surface area contributed by atoms with E-state index in [1.54, 1.807) is 13.0 Å². The summed E-state index contributed by atoms with van der Waals surface area (Å²) in [5.41, 5.74) is 1.98. The zero-order chi connectivity index (χ0) is 19.9. The minimum absolute atomic E-state index is 0.0543. The van der Waals surface area contributed by atoms with Crippen molar-refractivity contribution in [3.8, 4) is 17.6 Å². The molecule has 3 rings (SSSR count). The number of para-hydroxylation sites is 1. The number of Topliss-reactive ketones (excluding diaryl/α,β-unsaturated/α-hetero) is 1. The van der Waals surface area contributed by atoms with Gasteiger partial charge in [-0.3, -0.25) is 9.59 Å². The quantitative estimate of drug-likeness (QED) is 0.417. The third-order valence-electron chi connectivity index (χ3n) is 4.07. The van der Waals surface area contributed by atoms with Crippen molar-refractivity contribution in [3.63, 3.8) is 0 Å². The highest BCUT2D eigenvalue weighted by Crippen LogP contribution is 2.25. The summed E-state index contributed by atoms with van der Waals surface area (Å²) in [6, 6.07) is 16.5. The average molecular weight is 373 g/mol. The van der Waals surface area contributed by atoms with Crippen LogP contribution in [0.3, 0.4) is 0 Å². The molecular weight excluding hydrogens is 354 g/mol. The number of ether oxygens (including phenoxy) is 1. The third-order valence-corrected chi connectivity index (χ3v) is 4.07. The summed E-state index contributed by atoms with van der Waals surface area (Å²) in [6.45, 7) is 1.96. The maximum atomic E-state index is 12.4. The van der Waals surface area contributed by atoms with Crippen LogP contribution in [0.15, 0.2) is 54.6 Å². The van der Waals surface area contributed by atoms with Crippen molar-refractivity contribution < 1.29 is 19.4 Å². The van der Waals surface area contributed by atoms with E-state index in [0.717, 1.165) is 5.56 Å². The second-order valence-corrected chi connectivity index (χ2v) is 6.08. The number of nitrogens with zero attached hydrogens (tertiary/aromatic N) is 1. The first-order chi connectivity index (χ1) is 13.6. The molecule has 140 valence electrons. The predicted molar refractivity (Wildman–Crippen MR) is 106 cm³/mol. The molecule has 0 unspecified atom stereocenters. The van der Waals surface area contributed by atoms with Crippen molar-refractivity contribution in [3.05, 3.63) is 71.4 Å². The van der Waals surface area contributed by atoms with E-state index >= 15 is 0 Å². The number of rotatable bonds is 5. The lowest BCUT2D eigenvalue weighted by Crippen LogP contribution is -2.09. The lowest BCUT2D eigenvalue weighted by molar-refractivity contribution is -0.143. The Balaban J connectivity index is 1.93. The van der Waals surface area contributed by atoms with Crippen LogP contribution >= 0.6 is 0 Å². The highest BCUT2D eigenvalue weighted by Gasteiger charge is 2.17. The van der Waals surface area contributed by atoms with Gasteiger partial charge in [-0.25, -0.2) is 4.98 Å². The van der Waals surface area contributed by atoms with Crippen LogP contribution in [0.25, 0.3) is 10.9 Å². The molecule has 1 N–H and O–H groups in total. The molecule has 0 radical (unpaired) electrons. The number of fused-ring (bicyclic) bond motifs is 1. The van der Waals surface area contributed by atoms with Crippen LogP contribution in [-0.2, 0) is 9.53 Å². The number of aromatic hydroxyl groups is 1. The Kier molecular flexibility index (Phi) is 6.03. The fourth-order valence-corrected chi connectivity index (χ4v) is 2.72. The van der Waals surface area contributed by atoms with Crippen LogP contribution < -0.4 is 0 Å². The zero-order valence-corrected chi connectivity index (χ0v) is 15.4. The molecule has 3 aromatic rings. The van der Waals surface area contributed by atoms with Crippen LogP contribution in [0, 0.1) is 11.8 Å². The smallest absolute Gasteiger partial charge is 0.306 e. The van der Waals surface area contributed by atoms with E-state index in [-0.39, 0.29) is 30.9 Å². The lowest BCUT2D eigenvalue weighted by atomic mass is 10.1. The molecule has 28 heavy (non-hydrogen) atoms. The molecule has 5 nitrogen and oxygen atoms in total. The molecule has 0 saturated carbocycles. The second kappa shape index (κ2) is 8.83. The monoisotopic (exact) mass is 373 g/mol. The molecule has 0 aliphatic carbocycles. The van der Waals surface area contributed by atoms with Crippen molar-refractivity contribution in [2.75, 3.05) is 6.61 Å². The Morgan fingerprint density at radius 1 is 1.04 bits per heavy atom. The van der Waals surface area contributed by atoms with Gasteiger partial charge in [0.2, 0.25) is 0 Å². The maximum absolute atomic E-state index is 12.4. The number of benzene rings is 2. The van der Waals surface area contributed by atoms with Gasteiger partial charge in [0.25, 0.3) is 0 Å². The lowest BCUT2D eigenvalue weighted by Gasteiger charge is -2.07. The molecule has 1 aromatic heterocycles. The fourth-order valence-electron chi connectivity index (χ4n) is 2.72. The van der Waals surface area contributed by atoms with Crippen LogP contribution in [0.4, 0.5) is 0 Å². The Labute approximate surface area is 163 Å². The molecule has 0 aliphatic rings. The van der Waals surface area contributed by atoms with E-state index in [0.29, 0.717) is 16.5 Å². The number of ketones is 1. The highest BCUT2D eigenvalue weighted by molar-refractivity contribution is 6.01. The molecule has 0 aliphatic heterocycles. The first-order valence-corrected chi connectivity index (χ1v) is 8.97. The van der Waals surface area contributed by atoms with Gasteiger partial charge in [0.1, 0.15) is 11.4 Å². The molecule has 2 aromatic carbocycles. The van der Waals surface area contributed by atoms with Gasteiger partial charge in [0, 0.05) is 17.4 Å². The normalized spacial score (nSPS) is 10.2. The number of aromatic nitrogens is 1. The van der Waals surface area contributed by atoms with E-state index < -0.39 is 11.8 Å². The van der Waals surface area contributed by atoms with Crippen LogP contribution in [0.2, 0.25) is 0 Å². The molecular formula is C23H19NO4. The van der Waals surface area contributed by atoms with Gasteiger partial charge < -0.3 is 9.84 Å². The topological polar surface area (TPSA) is 76.5 Å². The van der Waals surface area contributed by atoms with Crippen LogP contribution in [0.1, 0.15) is 41.4 Å². The molecule has 0 spiro atoms. The predicted octanol–water partition coefficient (Wildman–Crippen LogP) is 3.87. The Morgan fingerprint density at radius 2 is 1.82 bits per heavy atom. The van der Waals surface area contributed by atoms with Gasteiger partial charge >= 0.3 is 5.97 Å². The minimum Gasteiger partial charge on any atom is -0.506 e. The largest absolute Gasteiger partial charge is 0.506 e. The standard InChI is InChI=1S/C23H19NO4/c1-2-28-21(27)14-13-19(25)23-20(26)15-18-10-6-9-17(22(18)24-23)12-11-16-7-4-3-5-8-16/h3-10,15,26H,2,13-14H2,1H3. The third kappa shape index (κ3) is 4.54. The van der Waals surface area contributed by atoms with E-state index in [1.165, 1.54) is 6.07 Å². The summed E-state index contributed by atoms with van der Waals surface area (Å²) in [6.07, 6.45) is -0.135. The number of esters is 1. The molecule has 0 bridgehead atoms. The van der Waals surface area contributed by atoms with Crippen molar-refractivity contribution in [2.45, 2.75) is 19.8 Å². The van der Waals surface area contributed by atoms with Crippen LogP contribution in [-0.4, -0.2) is 28.4 Å². The van der Waals surface area contributed by atoms with Gasteiger partial charge in [-0.1, -0.05) is 42.2 Å². The fraction of sp³-hybridized carbons (Fsp3) is 0.174. The van der Waals surface area contributed by atoms with E-state index in [1.807, 2.05) is 42.5 Å². The molecule has 0 atom stereocenters. The van der Waals surface area contributed by atoms with Crippen molar-refractivity contribution in [2.24, 2.45) is 0 Å². The summed E-state index contributed by atoms with van der Waals surface area (Å²) in [7, 11) is 0. The number of hydrogen-bond donors (Lipinski definition) is 1. The van der Waals surface area contributed by atoms with Crippen molar-refractivity contribution in [1.29, 1.82) is 0 Å². The molecule has 0 amide bonds. The summed E-state index contributed by atoms with van der Waals surface area (Å²) in [5.74, 6) is 5.06. The first-order valence-electron chi connectivity index (χ1n) is 8.97. The Hall–Kier alpha value is -3.65. The van der Waals surface area contributed by atoms with Crippen molar-refractivity contribution >= 4 is 22.7 Å². The Bertz CT molecular complexity index is 1080. The van der Waals surface area contributed by atoms with Gasteiger partial charge in [0.05, 0.1) is 24.1 Å². The zero-order valence-electron chi connectivity index (χ0n) is 15.4. The second-order valence-electron chi connectivity index (χ2n) is 6.08.